The lowest BCUT2D eigenvalue weighted by Crippen LogP contribution is -1.92. The van der Waals surface area contributed by atoms with Crippen LogP contribution in [0.4, 0.5) is 0 Å². The fraction of sp³-hybridized carbons (Fsp3) is 0.0606. The van der Waals surface area contributed by atoms with E-state index >= 15 is 0 Å². The predicted molar refractivity (Wildman–Crippen MR) is 149 cm³/mol. The van der Waals surface area contributed by atoms with Gasteiger partial charge >= 0.3 is 0 Å². The van der Waals surface area contributed by atoms with Crippen molar-refractivity contribution in [2.45, 2.75) is 13.8 Å². The van der Waals surface area contributed by atoms with Gasteiger partial charge in [0.1, 0.15) is 0 Å². The van der Waals surface area contributed by atoms with Crippen molar-refractivity contribution in [2.75, 3.05) is 0 Å². The first kappa shape index (κ1) is 21.1. The van der Waals surface area contributed by atoms with E-state index in [-0.39, 0.29) is 0 Å². The summed E-state index contributed by atoms with van der Waals surface area (Å²) >= 11 is 0. The SMILES string of the molecule is Cc1cc(C)cc(-c2[nH]c(/C=C3\N=C(c4ccccc4)C=C3c3ccccc3)c3ccccc23)c1. The molecule has 4 aromatic carbocycles. The van der Waals surface area contributed by atoms with E-state index in [2.05, 4.69) is 128 Å². The third-order valence-electron chi connectivity index (χ3n) is 6.49. The van der Waals surface area contributed by atoms with Gasteiger partial charge in [-0.25, -0.2) is 4.99 Å². The van der Waals surface area contributed by atoms with Gasteiger partial charge in [0, 0.05) is 27.6 Å². The molecule has 1 N–H and O–H groups in total. The maximum Gasteiger partial charge on any atom is 0.0737 e. The van der Waals surface area contributed by atoms with Crippen LogP contribution in [-0.2, 0) is 0 Å². The van der Waals surface area contributed by atoms with Crippen molar-refractivity contribution < 1.29 is 0 Å². The molecule has 0 atom stereocenters. The van der Waals surface area contributed by atoms with E-state index in [0.29, 0.717) is 0 Å². The number of nitrogens with zero attached hydrogens (tertiary/aromatic N) is 1. The molecule has 0 saturated carbocycles. The van der Waals surface area contributed by atoms with E-state index in [1.54, 1.807) is 0 Å². The quantitative estimate of drug-likeness (QED) is 0.285. The Bertz CT molecular complexity index is 1610. The summed E-state index contributed by atoms with van der Waals surface area (Å²) in [5, 5.41) is 2.42. The molecule has 0 bridgehead atoms. The van der Waals surface area contributed by atoms with Gasteiger partial charge in [0.25, 0.3) is 0 Å². The highest BCUT2D eigenvalue weighted by molar-refractivity contribution is 6.19. The number of rotatable bonds is 4. The molecule has 5 aromatic rings. The average Bonchev–Trinajstić information content (AvgIpc) is 3.47. The molecule has 6 rings (SSSR count). The van der Waals surface area contributed by atoms with Gasteiger partial charge in [-0.05, 0) is 49.3 Å². The van der Waals surface area contributed by atoms with Crippen LogP contribution in [0.25, 0.3) is 33.7 Å². The Morgan fingerprint density at radius 2 is 1.23 bits per heavy atom. The van der Waals surface area contributed by atoms with Crippen molar-refractivity contribution in [3.63, 3.8) is 0 Å². The van der Waals surface area contributed by atoms with Crippen molar-refractivity contribution in [2.24, 2.45) is 4.99 Å². The molecular weight excluding hydrogens is 424 g/mol. The van der Waals surface area contributed by atoms with Crippen LogP contribution in [0, 0.1) is 13.8 Å². The molecule has 0 saturated heterocycles. The lowest BCUT2D eigenvalue weighted by Gasteiger charge is -2.05. The summed E-state index contributed by atoms with van der Waals surface area (Å²) in [6.45, 7) is 4.31. The minimum atomic E-state index is 0.967. The van der Waals surface area contributed by atoms with Gasteiger partial charge in [-0.3, -0.25) is 0 Å². The van der Waals surface area contributed by atoms with Crippen molar-refractivity contribution in [3.05, 3.63) is 143 Å². The lowest BCUT2D eigenvalue weighted by atomic mass is 10.0. The Hall–Kier alpha value is -4.43. The molecule has 2 heteroatoms. The largest absolute Gasteiger partial charge is 0.354 e. The summed E-state index contributed by atoms with van der Waals surface area (Å²) in [4.78, 5) is 8.83. The molecule has 1 aromatic heterocycles. The molecule has 0 aliphatic carbocycles. The van der Waals surface area contributed by atoms with E-state index in [1.807, 2.05) is 6.07 Å². The summed E-state index contributed by atoms with van der Waals surface area (Å²) < 4.78 is 0. The van der Waals surface area contributed by atoms with E-state index in [0.717, 1.165) is 33.9 Å². The van der Waals surface area contributed by atoms with Crippen molar-refractivity contribution in [1.82, 2.24) is 4.98 Å². The number of allylic oxidation sites excluding steroid dienone is 2. The normalized spacial score (nSPS) is 14.4. The second-order valence-corrected chi connectivity index (χ2v) is 9.15. The first-order valence-electron chi connectivity index (χ1n) is 12.0. The van der Waals surface area contributed by atoms with Gasteiger partial charge in [-0.2, -0.15) is 0 Å². The third-order valence-corrected chi connectivity index (χ3v) is 6.49. The maximum absolute atomic E-state index is 5.09. The second-order valence-electron chi connectivity index (χ2n) is 9.15. The standard InChI is InChI=1S/C33H26N2/c1-22-17-23(2)19-26(18-22)33-28-16-10-9-15-27(28)31(35-33)21-32-29(24-11-5-3-6-12-24)20-30(34-32)25-13-7-4-8-14-25/h3-21,35H,1-2H3/b32-21-. The zero-order valence-corrected chi connectivity index (χ0v) is 19.9. The number of aromatic nitrogens is 1. The van der Waals surface area contributed by atoms with Crippen LogP contribution >= 0.6 is 0 Å². The molecule has 168 valence electrons. The van der Waals surface area contributed by atoms with Crippen molar-refractivity contribution in [3.8, 4) is 11.3 Å². The highest BCUT2D eigenvalue weighted by Crippen LogP contribution is 2.36. The zero-order valence-electron chi connectivity index (χ0n) is 19.9. The molecule has 1 aliphatic rings. The highest BCUT2D eigenvalue weighted by Gasteiger charge is 2.19. The summed E-state index contributed by atoms with van der Waals surface area (Å²) in [6.07, 6.45) is 4.40. The monoisotopic (exact) mass is 450 g/mol. The van der Waals surface area contributed by atoms with Gasteiger partial charge in [0.15, 0.2) is 0 Å². The second kappa shape index (κ2) is 8.73. The first-order chi connectivity index (χ1) is 17.2. The number of hydrogen-bond acceptors (Lipinski definition) is 1. The molecular formula is C33H26N2. The Morgan fingerprint density at radius 3 is 1.91 bits per heavy atom. The molecule has 1 aliphatic heterocycles. The fourth-order valence-corrected chi connectivity index (χ4v) is 4.95. The summed E-state index contributed by atoms with van der Waals surface area (Å²) in [7, 11) is 0. The average molecular weight is 451 g/mol. The lowest BCUT2D eigenvalue weighted by molar-refractivity contribution is 1.33. The predicted octanol–water partition coefficient (Wildman–Crippen LogP) is 8.38. The van der Waals surface area contributed by atoms with Gasteiger partial charge in [-0.15, -0.1) is 0 Å². The molecule has 0 amide bonds. The van der Waals surface area contributed by atoms with Crippen molar-refractivity contribution >= 4 is 28.1 Å². The highest BCUT2D eigenvalue weighted by atomic mass is 14.8. The van der Waals surface area contributed by atoms with E-state index in [4.69, 9.17) is 4.99 Å². The van der Waals surface area contributed by atoms with E-state index in [9.17, 15) is 0 Å². The molecule has 0 unspecified atom stereocenters. The Morgan fingerprint density at radius 1 is 0.629 bits per heavy atom. The van der Waals surface area contributed by atoms with Gasteiger partial charge in [0.05, 0.1) is 17.1 Å². The van der Waals surface area contributed by atoms with Gasteiger partial charge < -0.3 is 4.98 Å². The minimum absolute atomic E-state index is 0.967. The van der Waals surface area contributed by atoms with E-state index in [1.165, 1.54) is 33.0 Å². The Labute approximate surface area is 206 Å². The van der Waals surface area contributed by atoms with Crippen LogP contribution in [0.1, 0.15) is 27.9 Å². The van der Waals surface area contributed by atoms with Crippen molar-refractivity contribution in [1.29, 1.82) is 0 Å². The summed E-state index contributed by atoms with van der Waals surface area (Å²) in [5.41, 5.74) is 11.3. The van der Waals surface area contributed by atoms with Gasteiger partial charge in [0.2, 0.25) is 0 Å². The number of aromatic amines is 1. The maximum atomic E-state index is 5.09. The van der Waals surface area contributed by atoms with Crippen LogP contribution in [-0.4, -0.2) is 10.7 Å². The van der Waals surface area contributed by atoms with Crippen LogP contribution < -0.4 is 0 Å². The fourth-order valence-electron chi connectivity index (χ4n) is 4.95. The van der Waals surface area contributed by atoms with Gasteiger partial charge in [-0.1, -0.05) is 102 Å². The minimum Gasteiger partial charge on any atom is -0.354 e. The molecule has 2 heterocycles. The molecule has 0 spiro atoms. The molecule has 2 nitrogen and oxygen atoms in total. The Kier molecular flexibility index (Phi) is 5.27. The smallest absolute Gasteiger partial charge is 0.0737 e. The number of aliphatic imine (C=N–C) groups is 1. The Balaban J connectivity index is 1.53. The van der Waals surface area contributed by atoms with Crippen LogP contribution in [0.15, 0.2) is 120 Å². The van der Waals surface area contributed by atoms with Crippen LogP contribution in [0.3, 0.4) is 0 Å². The number of benzene rings is 4. The topological polar surface area (TPSA) is 28.1 Å². The van der Waals surface area contributed by atoms with Crippen LogP contribution in [0.5, 0.6) is 0 Å². The number of nitrogens with one attached hydrogen (secondary N) is 1. The number of aryl methyl sites for hydroxylation is 2. The number of hydrogen-bond donors (Lipinski definition) is 1. The number of fused-ring (bicyclic) bond motifs is 1. The summed E-state index contributed by atoms with van der Waals surface area (Å²) in [5.74, 6) is 0. The molecule has 0 fully saturated rings. The third kappa shape index (κ3) is 4.04. The van der Waals surface area contributed by atoms with E-state index < -0.39 is 0 Å². The summed E-state index contributed by atoms with van der Waals surface area (Å²) in [6, 6.07) is 36.2. The molecule has 0 radical (unpaired) electrons. The molecule has 35 heavy (non-hydrogen) atoms. The zero-order chi connectivity index (χ0) is 23.8. The van der Waals surface area contributed by atoms with Crippen LogP contribution in [0.2, 0.25) is 0 Å². The first-order valence-corrected chi connectivity index (χ1v) is 12.0. The number of H-pyrrole nitrogens is 1.